The fraction of sp³-hybridized carbons (Fsp3) is 0.350. The van der Waals surface area contributed by atoms with Gasteiger partial charge in [0.2, 0.25) is 10.0 Å². The van der Waals surface area contributed by atoms with E-state index in [1.54, 1.807) is 10.4 Å². The Bertz CT molecular complexity index is 1010. The van der Waals surface area contributed by atoms with Gasteiger partial charge in [-0.1, -0.05) is 24.3 Å². The summed E-state index contributed by atoms with van der Waals surface area (Å²) in [7, 11) is -3.44. The van der Waals surface area contributed by atoms with Gasteiger partial charge in [-0.25, -0.2) is 13.4 Å². The summed E-state index contributed by atoms with van der Waals surface area (Å²) in [6.45, 7) is 4.83. The number of piperidine rings is 1. The van der Waals surface area contributed by atoms with E-state index in [2.05, 4.69) is 9.97 Å². The number of hydrogen-bond acceptors (Lipinski definition) is 3. The van der Waals surface area contributed by atoms with Crippen LogP contribution in [0.5, 0.6) is 0 Å². The lowest BCUT2D eigenvalue weighted by Crippen LogP contribution is -2.38. The van der Waals surface area contributed by atoms with Gasteiger partial charge in [0.1, 0.15) is 5.82 Å². The van der Waals surface area contributed by atoms with E-state index in [4.69, 9.17) is 0 Å². The number of imidazole rings is 1. The normalized spacial score (nSPS) is 17.0. The maximum absolute atomic E-state index is 13.0. The van der Waals surface area contributed by atoms with Gasteiger partial charge in [-0.05, 0) is 56.0 Å². The fourth-order valence-corrected chi connectivity index (χ4v) is 5.44. The highest BCUT2D eigenvalue weighted by molar-refractivity contribution is 7.89. The number of aromatic nitrogens is 2. The molecule has 0 spiro atoms. The molecule has 1 N–H and O–H groups in total. The van der Waals surface area contributed by atoms with Crippen molar-refractivity contribution in [3.63, 3.8) is 0 Å². The first-order chi connectivity index (χ1) is 12.4. The zero-order valence-electron chi connectivity index (χ0n) is 15.1. The van der Waals surface area contributed by atoms with Crippen LogP contribution in [0, 0.1) is 13.8 Å². The molecule has 0 atom stereocenters. The Labute approximate surface area is 154 Å². The maximum Gasteiger partial charge on any atom is 0.243 e. The van der Waals surface area contributed by atoms with E-state index in [0.717, 1.165) is 40.8 Å². The average Bonchev–Trinajstić information content (AvgIpc) is 3.08. The zero-order valence-corrected chi connectivity index (χ0v) is 15.9. The van der Waals surface area contributed by atoms with Crippen molar-refractivity contribution < 1.29 is 8.42 Å². The molecule has 0 unspecified atom stereocenters. The summed E-state index contributed by atoms with van der Waals surface area (Å²) in [5.41, 5.74) is 3.77. The molecule has 1 aromatic heterocycles. The lowest BCUT2D eigenvalue weighted by molar-refractivity contribution is 0.314. The monoisotopic (exact) mass is 369 g/mol. The molecule has 0 aliphatic carbocycles. The molecule has 0 bridgehead atoms. The number of hydrogen-bond donors (Lipinski definition) is 1. The predicted molar refractivity (Wildman–Crippen MR) is 103 cm³/mol. The molecule has 2 heterocycles. The van der Waals surface area contributed by atoms with E-state index in [1.165, 1.54) is 0 Å². The van der Waals surface area contributed by atoms with Gasteiger partial charge in [-0.3, -0.25) is 0 Å². The van der Waals surface area contributed by atoms with Crippen molar-refractivity contribution in [2.75, 3.05) is 13.1 Å². The molecule has 0 saturated carbocycles. The van der Waals surface area contributed by atoms with Gasteiger partial charge in [-0.15, -0.1) is 0 Å². The average molecular weight is 369 g/mol. The van der Waals surface area contributed by atoms with Crippen molar-refractivity contribution in [1.29, 1.82) is 0 Å². The number of sulfonamides is 1. The summed E-state index contributed by atoms with van der Waals surface area (Å²) in [6.07, 6.45) is 1.56. The lowest BCUT2D eigenvalue weighted by atomic mass is 9.97. The Morgan fingerprint density at radius 3 is 2.54 bits per heavy atom. The number of rotatable bonds is 3. The number of para-hydroxylation sites is 2. The third kappa shape index (κ3) is 3.04. The first kappa shape index (κ1) is 17.2. The number of benzene rings is 2. The highest BCUT2D eigenvalue weighted by Crippen LogP contribution is 2.31. The number of aryl methyl sites for hydroxylation is 2. The lowest BCUT2D eigenvalue weighted by Gasteiger charge is -2.30. The summed E-state index contributed by atoms with van der Waals surface area (Å²) in [5.74, 6) is 1.24. The largest absolute Gasteiger partial charge is 0.342 e. The fourth-order valence-electron chi connectivity index (χ4n) is 3.66. The van der Waals surface area contributed by atoms with Gasteiger partial charge >= 0.3 is 0 Å². The number of fused-ring (bicyclic) bond motifs is 1. The summed E-state index contributed by atoms with van der Waals surface area (Å²) in [5, 5.41) is 0. The van der Waals surface area contributed by atoms with Crippen LogP contribution >= 0.6 is 0 Å². The number of nitrogens with one attached hydrogen (secondary N) is 1. The number of H-pyrrole nitrogens is 1. The minimum absolute atomic E-state index is 0.271. The van der Waals surface area contributed by atoms with Crippen LogP contribution in [-0.2, 0) is 10.0 Å². The van der Waals surface area contributed by atoms with Gasteiger partial charge in [0.05, 0.1) is 15.9 Å². The van der Waals surface area contributed by atoms with E-state index >= 15 is 0 Å². The minimum Gasteiger partial charge on any atom is -0.342 e. The van der Waals surface area contributed by atoms with E-state index in [0.29, 0.717) is 18.0 Å². The maximum atomic E-state index is 13.0. The van der Waals surface area contributed by atoms with E-state index in [1.807, 2.05) is 50.2 Å². The number of nitrogens with zero attached hydrogens (tertiary/aromatic N) is 2. The van der Waals surface area contributed by atoms with Crippen LogP contribution in [0.3, 0.4) is 0 Å². The number of aromatic amines is 1. The molecule has 0 amide bonds. The Morgan fingerprint density at radius 1 is 1.08 bits per heavy atom. The predicted octanol–water partition coefficient (Wildman–Crippen LogP) is 3.75. The van der Waals surface area contributed by atoms with Crippen molar-refractivity contribution in [3.8, 4) is 0 Å². The SMILES string of the molecule is Cc1ccc(C)c(S(=O)(=O)N2CCC(c3nc4ccccc4[nH]3)CC2)c1. The second kappa shape index (κ2) is 6.52. The third-order valence-electron chi connectivity index (χ3n) is 5.21. The van der Waals surface area contributed by atoms with Crippen LogP contribution in [0.2, 0.25) is 0 Å². The molecule has 0 radical (unpaired) electrons. The van der Waals surface area contributed by atoms with Gasteiger partial charge in [0.15, 0.2) is 0 Å². The van der Waals surface area contributed by atoms with Crippen molar-refractivity contribution in [1.82, 2.24) is 14.3 Å². The Balaban J connectivity index is 1.53. The molecule has 4 rings (SSSR count). The topological polar surface area (TPSA) is 66.1 Å². The molecular weight excluding hydrogens is 346 g/mol. The van der Waals surface area contributed by atoms with E-state index in [-0.39, 0.29) is 5.92 Å². The molecule has 5 nitrogen and oxygen atoms in total. The van der Waals surface area contributed by atoms with Crippen LogP contribution in [0.15, 0.2) is 47.4 Å². The van der Waals surface area contributed by atoms with Crippen LogP contribution in [0.4, 0.5) is 0 Å². The molecule has 6 heteroatoms. The highest BCUT2D eigenvalue weighted by Gasteiger charge is 2.31. The molecule has 1 saturated heterocycles. The summed E-state index contributed by atoms with van der Waals surface area (Å²) in [4.78, 5) is 8.50. The van der Waals surface area contributed by atoms with Gasteiger partial charge < -0.3 is 4.98 Å². The van der Waals surface area contributed by atoms with Crippen LogP contribution in [0.1, 0.15) is 35.7 Å². The highest BCUT2D eigenvalue weighted by atomic mass is 32.2. The van der Waals surface area contributed by atoms with Crippen LogP contribution in [0.25, 0.3) is 11.0 Å². The molecule has 1 fully saturated rings. The van der Waals surface area contributed by atoms with Crippen molar-refractivity contribution >= 4 is 21.1 Å². The Hall–Kier alpha value is -2.18. The van der Waals surface area contributed by atoms with E-state index < -0.39 is 10.0 Å². The smallest absolute Gasteiger partial charge is 0.243 e. The van der Waals surface area contributed by atoms with Crippen LogP contribution in [-0.4, -0.2) is 35.8 Å². The molecule has 1 aliphatic rings. The van der Waals surface area contributed by atoms with E-state index in [9.17, 15) is 8.42 Å². The molecular formula is C20H23N3O2S. The Morgan fingerprint density at radius 2 is 1.81 bits per heavy atom. The summed E-state index contributed by atoms with van der Waals surface area (Å²) >= 11 is 0. The first-order valence-electron chi connectivity index (χ1n) is 8.97. The van der Waals surface area contributed by atoms with Crippen molar-refractivity contribution in [2.24, 2.45) is 0 Å². The molecule has 136 valence electrons. The molecule has 26 heavy (non-hydrogen) atoms. The second-order valence-corrected chi connectivity index (χ2v) is 8.99. The van der Waals surface area contributed by atoms with Gasteiger partial charge in [0.25, 0.3) is 0 Å². The Kier molecular flexibility index (Phi) is 4.32. The zero-order chi connectivity index (χ0) is 18.3. The standard InChI is InChI=1S/C20H23N3O2S/c1-14-7-8-15(2)19(13-14)26(24,25)23-11-9-16(10-12-23)20-21-17-5-3-4-6-18(17)22-20/h3-8,13,16H,9-12H2,1-2H3,(H,21,22). The van der Waals surface area contributed by atoms with Crippen LogP contribution < -0.4 is 0 Å². The van der Waals surface area contributed by atoms with Gasteiger partial charge in [0, 0.05) is 19.0 Å². The third-order valence-corrected chi connectivity index (χ3v) is 7.25. The summed E-state index contributed by atoms with van der Waals surface area (Å²) in [6, 6.07) is 13.6. The first-order valence-corrected chi connectivity index (χ1v) is 10.4. The van der Waals surface area contributed by atoms with Crippen molar-refractivity contribution in [2.45, 2.75) is 37.5 Å². The van der Waals surface area contributed by atoms with Crippen molar-refractivity contribution in [3.05, 3.63) is 59.4 Å². The quantitative estimate of drug-likeness (QED) is 0.765. The molecule has 3 aromatic rings. The summed E-state index contributed by atoms with van der Waals surface area (Å²) < 4.78 is 27.7. The minimum atomic E-state index is -3.44. The second-order valence-electron chi connectivity index (χ2n) is 7.09. The molecule has 1 aliphatic heterocycles. The molecule has 2 aromatic carbocycles. The van der Waals surface area contributed by atoms with Gasteiger partial charge in [-0.2, -0.15) is 4.31 Å².